The number of nitrogens with zero attached hydrogens (tertiary/aromatic N) is 1. The van der Waals surface area contributed by atoms with E-state index in [0.29, 0.717) is 6.04 Å². The highest BCUT2D eigenvalue weighted by Crippen LogP contribution is 2.30. The Bertz CT molecular complexity index is 384. The quantitative estimate of drug-likeness (QED) is 0.835. The monoisotopic (exact) mass is 260 g/mol. The van der Waals surface area contributed by atoms with Crippen LogP contribution in [0.25, 0.3) is 0 Å². The van der Waals surface area contributed by atoms with Gasteiger partial charge in [0, 0.05) is 31.4 Å². The number of allylic oxidation sites excluding steroid dienone is 2. The summed E-state index contributed by atoms with van der Waals surface area (Å²) in [5, 5.41) is 3.53. The van der Waals surface area contributed by atoms with Crippen LogP contribution < -0.4 is 5.32 Å². The molecule has 2 aliphatic rings. The van der Waals surface area contributed by atoms with E-state index in [1.165, 1.54) is 42.8 Å². The Morgan fingerprint density at radius 2 is 2.00 bits per heavy atom. The predicted molar refractivity (Wildman–Crippen MR) is 83.0 cm³/mol. The van der Waals surface area contributed by atoms with Gasteiger partial charge in [-0.05, 0) is 50.2 Å². The number of hydrogen-bond acceptors (Lipinski definition) is 2. The molecule has 0 spiro atoms. The van der Waals surface area contributed by atoms with E-state index in [1.54, 1.807) is 0 Å². The van der Waals surface area contributed by atoms with Gasteiger partial charge in [0.1, 0.15) is 0 Å². The van der Waals surface area contributed by atoms with Gasteiger partial charge in [0.05, 0.1) is 0 Å². The van der Waals surface area contributed by atoms with Gasteiger partial charge >= 0.3 is 0 Å². The topological polar surface area (TPSA) is 15.3 Å². The van der Waals surface area contributed by atoms with Gasteiger partial charge in [-0.15, -0.1) is 0 Å². The van der Waals surface area contributed by atoms with Crippen molar-refractivity contribution in [2.75, 3.05) is 19.6 Å². The molecule has 2 rings (SSSR count). The second-order valence-corrected chi connectivity index (χ2v) is 6.04. The SMILES string of the molecule is C=CC1=C(/C(=C\C)N2CCC(C)CC2)CC(C)NC1. The van der Waals surface area contributed by atoms with Crippen molar-refractivity contribution in [2.24, 2.45) is 5.92 Å². The predicted octanol–water partition coefficient (Wildman–Crippen LogP) is 3.49. The zero-order valence-electron chi connectivity index (χ0n) is 12.7. The third-order valence-electron chi connectivity index (χ3n) is 4.49. The summed E-state index contributed by atoms with van der Waals surface area (Å²) in [6.45, 7) is 14.2. The number of hydrogen-bond donors (Lipinski definition) is 1. The van der Waals surface area contributed by atoms with Gasteiger partial charge in [0.15, 0.2) is 0 Å². The van der Waals surface area contributed by atoms with Crippen molar-refractivity contribution in [2.45, 2.75) is 46.1 Å². The average Bonchev–Trinajstić information content (AvgIpc) is 2.42. The lowest BCUT2D eigenvalue weighted by atomic mass is 9.91. The van der Waals surface area contributed by atoms with Gasteiger partial charge in [0.25, 0.3) is 0 Å². The Labute approximate surface area is 118 Å². The lowest BCUT2D eigenvalue weighted by molar-refractivity contribution is 0.238. The highest BCUT2D eigenvalue weighted by atomic mass is 15.1. The molecule has 2 heteroatoms. The van der Waals surface area contributed by atoms with E-state index in [2.05, 4.69) is 43.6 Å². The maximum Gasteiger partial charge on any atom is 0.0359 e. The molecule has 0 saturated carbocycles. The summed E-state index contributed by atoms with van der Waals surface area (Å²) in [7, 11) is 0. The highest BCUT2D eigenvalue weighted by Gasteiger charge is 2.24. The number of rotatable bonds is 3. The first-order valence-corrected chi connectivity index (χ1v) is 7.65. The van der Waals surface area contributed by atoms with Crippen molar-refractivity contribution in [1.82, 2.24) is 10.2 Å². The Balaban J connectivity index is 2.20. The average molecular weight is 260 g/mol. The van der Waals surface area contributed by atoms with E-state index in [9.17, 15) is 0 Å². The standard InChI is InChI=1S/C17H28N2/c1-5-15-12-18-14(4)11-16(15)17(6-2)19-9-7-13(3)8-10-19/h5-6,13-14,18H,1,7-12H2,2-4H3/b17-6+. The largest absolute Gasteiger partial charge is 0.372 e. The Morgan fingerprint density at radius 3 is 2.58 bits per heavy atom. The summed E-state index contributed by atoms with van der Waals surface area (Å²) in [6, 6.07) is 0.567. The highest BCUT2D eigenvalue weighted by molar-refractivity contribution is 5.41. The summed E-state index contributed by atoms with van der Waals surface area (Å²) in [5.74, 6) is 0.883. The van der Waals surface area contributed by atoms with Gasteiger partial charge in [0.2, 0.25) is 0 Å². The van der Waals surface area contributed by atoms with Crippen LogP contribution in [0.3, 0.4) is 0 Å². The van der Waals surface area contributed by atoms with Crippen LogP contribution in [0.2, 0.25) is 0 Å². The zero-order valence-corrected chi connectivity index (χ0v) is 12.7. The van der Waals surface area contributed by atoms with E-state index < -0.39 is 0 Å². The van der Waals surface area contributed by atoms with Crippen LogP contribution in [-0.4, -0.2) is 30.6 Å². The Hall–Kier alpha value is -1.02. The summed E-state index contributed by atoms with van der Waals surface area (Å²) in [5.41, 5.74) is 4.35. The number of likely N-dealkylation sites (tertiary alicyclic amines) is 1. The molecule has 1 saturated heterocycles. The van der Waals surface area contributed by atoms with Crippen LogP contribution in [0.4, 0.5) is 0 Å². The molecular weight excluding hydrogens is 232 g/mol. The van der Waals surface area contributed by atoms with Gasteiger partial charge in [-0.1, -0.05) is 25.7 Å². The maximum atomic E-state index is 3.99. The van der Waals surface area contributed by atoms with Crippen molar-refractivity contribution in [3.63, 3.8) is 0 Å². The van der Waals surface area contributed by atoms with Crippen molar-refractivity contribution in [3.05, 3.63) is 35.6 Å². The zero-order chi connectivity index (χ0) is 13.8. The molecule has 0 aromatic rings. The van der Waals surface area contributed by atoms with Crippen LogP contribution in [0.5, 0.6) is 0 Å². The fraction of sp³-hybridized carbons (Fsp3) is 0.647. The molecule has 0 bridgehead atoms. The Morgan fingerprint density at radius 1 is 1.32 bits per heavy atom. The van der Waals surface area contributed by atoms with Crippen molar-refractivity contribution < 1.29 is 0 Å². The van der Waals surface area contributed by atoms with Crippen LogP contribution >= 0.6 is 0 Å². The van der Waals surface area contributed by atoms with Gasteiger partial charge < -0.3 is 10.2 Å². The molecule has 1 unspecified atom stereocenters. The second-order valence-electron chi connectivity index (χ2n) is 6.04. The number of nitrogens with one attached hydrogen (secondary N) is 1. The first kappa shape index (κ1) is 14.4. The third kappa shape index (κ3) is 3.30. The first-order chi connectivity index (χ1) is 9.15. The Kier molecular flexibility index (Phi) is 4.87. The van der Waals surface area contributed by atoms with E-state index in [0.717, 1.165) is 18.9 Å². The maximum absolute atomic E-state index is 3.99. The van der Waals surface area contributed by atoms with Crippen molar-refractivity contribution in [1.29, 1.82) is 0 Å². The minimum Gasteiger partial charge on any atom is -0.372 e. The lowest BCUT2D eigenvalue weighted by Gasteiger charge is -2.37. The van der Waals surface area contributed by atoms with Crippen LogP contribution in [0.1, 0.15) is 40.0 Å². The molecule has 2 nitrogen and oxygen atoms in total. The molecule has 1 fully saturated rings. The van der Waals surface area contributed by atoms with Gasteiger partial charge in [-0.2, -0.15) is 0 Å². The van der Waals surface area contributed by atoms with Crippen LogP contribution in [-0.2, 0) is 0 Å². The number of piperidine rings is 1. The summed E-state index contributed by atoms with van der Waals surface area (Å²) < 4.78 is 0. The van der Waals surface area contributed by atoms with E-state index >= 15 is 0 Å². The normalized spacial score (nSPS) is 26.8. The summed E-state index contributed by atoms with van der Waals surface area (Å²) in [6.07, 6.45) is 8.09. The fourth-order valence-electron chi connectivity index (χ4n) is 3.16. The first-order valence-electron chi connectivity index (χ1n) is 7.65. The smallest absolute Gasteiger partial charge is 0.0359 e. The van der Waals surface area contributed by atoms with E-state index in [-0.39, 0.29) is 0 Å². The van der Waals surface area contributed by atoms with E-state index in [4.69, 9.17) is 0 Å². The molecule has 2 heterocycles. The summed E-state index contributed by atoms with van der Waals surface area (Å²) in [4.78, 5) is 2.58. The molecule has 1 atom stereocenters. The minimum atomic E-state index is 0.567. The lowest BCUT2D eigenvalue weighted by Crippen LogP contribution is -2.38. The molecule has 0 amide bonds. The van der Waals surface area contributed by atoms with Crippen LogP contribution in [0.15, 0.2) is 35.6 Å². The molecule has 0 aromatic carbocycles. The minimum absolute atomic E-state index is 0.567. The molecule has 2 aliphatic heterocycles. The third-order valence-corrected chi connectivity index (χ3v) is 4.49. The van der Waals surface area contributed by atoms with E-state index in [1.807, 2.05) is 6.08 Å². The molecule has 19 heavy (non-hydrogen) atoms. The summed E-state index contributed by atoms with van der Waals surface area (Å²) >= 11 is 0. The molecule has 0 radical (unpaired) electrons. The van der Waals surface area contributed by atoms with Crippen molar-refractivity contribution >= 4 is 0 Å². The fourth-order valence-corrected chi connectivity index (χ4v) is 3.16. The second kappa shape index (κ2) is 6.42. The molecule has 1 N–H and O–H groups in total. The van der Waals surface area contributed by atoms with Gasteiger partial charge in [-0.3, -0.25) is 0 Å². The molecular formula is C17H28N2. The molecule has 106 valence electrons. The molecule has 0 aliphatic carbocycles. The van der Waals surface area contributed by atoms with Crippen molar-refractivity contribution in [3.8, 4) is 0 Å². The van der Waals surface area contributed by atoms with Crippen LogP contribution in [0, 0.1) is 5.92 Å². The molecule has 0 aromatic heterocycles. The van der Waals surface area contributed by atoms with Gasteiger partial charge in [-0.25, -0.2) is 0 Å².